The van der Waals surface area contributed by atoms with Crippen molar-refractivity contribution in [2.24, 2.45) is 0 Å². The molecule has 0 bridgehead atoms. The molecule has 0 fully saturated rings. The van der Waals surface area contributed by atoms with Gasteiger partial charge in [-0.05, 0) is 58.3 Å². The lowest BCUT2D eigenvalue weighted by atomic mass is 9.95. The lowest BCUT2D eigenvalue weighted by Gasteiger charge is -2.18. The maximum Gasteiger partial charge on any atom is 0.254 e. The number of fused-ring (bicyclic) bond motifs is 2. The van der Waals surface area contributed by atoms with Gasteiger partial charge in [-0.1, -0.05) is 42.5 Å². The summed E-state index contributed by atoms with van der Waals surface area (Å²) in [5.41, 5.74) is 4.12. The highest BCUT2D eigenvalue weighted by Gasteiger charge is 2.18. The maximum absolute atomic E-state index is 13.6. The number of halogens is 1. The van der Waals surface area contributed by atoms with Gasteiger partial charge in [-0.2, -0.15) is 5.10 Å². The molecule has 0 aliphatic carbocycles. The Balaban J connectivity index is 1.28. The number of hydrogen-bond acceptors (Lipinski definition) is 4. The Labute approximate surface area is 219 Å². The van der Waals surface area contributed by atoms with Crippen LogP contribution in [0.4, 0.5) is 4.39 Å². The largest absolute Gasteiger partial charge is 0.490 e. The fraction of sp³-hybridized carbons (Fsp3) is 0.161. The first-order valence-electron chi connectivity index (χ1n) is 12.5. The normalized spacial score (nSPS) is 12.8. The van der Waals surface area contributed by atoms with Crippen LogP contribution in [0.1, 0.15) is 22.3 Å². The first kappa shape index (κ1) is 23.7. The third-order valence-electron chi connectivity index (χ3n) is 6.69. The van der Waals surface area contributed by atoms with Gasteiger partial charge in [0.2, 0.25) is 0 Å². The number of carbonyl (C=O) groups is 1. The molecule has 7 heteroatoms. The molecule has 0 spiro atoms. The third-order valence-corrected chi connectivity index (χ3v) is 6.69. The summed E-state index contributed by atoms with van der Waals surface area (Å²) >= 11 is 0. The van der Waals surface area contributed by atoms with E-state index in [0.29, 0.717) is 31.0 Å². The molecule has 1 aliphatic heterocycles. The summed E-state index contributed by atoms with van der Waals surface area (Å²) in [5, 5.41) is 6.20. The van der Waals surface area contributed by atoms with E-state index in [1.807, 2.05) is 54.7 Å². The molecule has 0 unspecified atom stereocenters. The number of hydrogen-bond donors (Lipinski definition) is 0. The fourth-order valence-electron chi connectivity index (χ4n) is 4.83. The molecule has 0 atom stereocenters. The van der Waals surface area contributed by atoms with Gasteiger partial charge in [-0.3, -0.25) is 4.79 Å². The van der Waals surface area contributed by atoms with Gasteiger partial charge in [-0.15, -0.1) is 0 Å². The van der Waals surface area contributed by atoms with Crippen LogP contribution in [0.3, 0.4) is 0 Å². The second-order valence-corrected chi connectivity index (χ2v) is 9.35. The summed E-state index contributed by atoms with van der Waals surface area (Å²) < 4.78 is 26.9. The van der Waals surface area contributed by atoms with E-state index >= 15 is 0 Å². The first-order valence-corrected chi connectivity index (χ1v) is 12.5. The van der Waals surface area contributed by atoms with Crippen molar-refractivity contribution >= 4 is 16.7 Å². The van der Waals surface area contributed by atoms with Gasteiger partial charge in [-0.25, -0.2) is 9.07 Å². The molecule has 1 aromatic heterocycles. The zero-order valence-electron chi connectivity index (χ0n) is 20.9. The first-order chi connectivity index (χ1) is 18.6. The van der Waals surface area contributed by atoms with Crippen LogP contribution in [0.5, 0.6) is 11.5 Å². The van der Waals surface area contributed by atoms with Crippen molar-refractivity contribution in [2.45, 2.75) is 13.0 Å². The highest BCUT2D eigenvalue weighted by atomic mass is 19.1. The predicted molar refractivity (Wildman–Crippen MR) is 144 cm³/mol. The molecular formula is C31H26FN3O3. The predicted octanol–water partition coefficient (Wildman–Crippen LogP) is 6.27. The average molecular weight is 508 g/mol. The molecule has 0 N–H and O–H groups in total. The molecular weight excluding hydrogens is 481 g/mol. The van der Waals surface area contributed by atoms with E-state index in [9.17, 15) is 9.18 Å². The number of rotatable bonds is 5. The van der Waals surface area contributed by atoms with E-state index in [2.05, 4.69) is 11.2 Å². The summed E-state index contributed by atoms with van der Waals surface area (Å²) in [7, 11) is 1.77. The average Bonchev–Trinajstić information content (AvgIpc) is 3.28. The minimum absolute atomic E-state index is 0.0927. The van der Waals surface area contributed by atoms with Gasteiger partial charge < -0.3 is 14.4 Å². The zero-order valence-corrected chi connectivity index (χ0v) is 20.9. The molecule has 38 heavy (non-hydrogen) atoms. The highest BCUT2D eigenvalue weighted by molar-refractivity contribution is 6.10. The van der Waals surface area contributed by atoms with Crippen molar-refractivity contribution in [2.75, 3.05) is 20.3 Å². The number of benzene rings is 4. The number of amides is 1. The van der Waals surface area contributed by atoms with Crippen molar-refractivity contribution in [1.29, 1.82) is 0 Å². The van der Waals surface area contributed by atoms with E-state index in [-0.39, 0.29) is 11.7 Å². The second kappa shape index (κ2) is 10.0. The molecule has 190 valence electrons. The molecule has 0 radical (unpaired) electrons. The van der Waals surface area contributed by atoms with E-state index in [1.165, 1.54) is 12.1 Å². The van der Waals surface area contributed by atoms with E-state index in [0.717, 1.165) is 45.4 Å². The van der Waals surface area contributed by atoms with Crippen molar-refractivity contribution in [3.63, 3.8) is 0 Å². The number of carbonyl (C=O) groups excluding carboxylic acids is 1. The summed E-state index contributed by atoms with van der Waals surface area (Å²) in [5.74, 6) is 1.08. The second-order valence-electron chi connectivity index (χ2n) is 9.35. The summed E-state index contributed by atoms with van der Waals surface area (Å²) in [6, 6.07) is 24.0. The number of ether oxygens (including phenoxy) is 2. The van der Waals surface area contributed by atoms with Crippen molar-refractivity contribution in [3.8, 4) is 28.3 Å². The molecule has 2 heterocycles. The van der Waals surface area contributed by atoms with Gasteiger partial charge in [0.05, 0.1) is 25.1 Å². The van der Waals surface area contributed by atoms with Crippen LogP contribution in [0.25, 0.3) is 27.6 Å². The molecule has 0 saturated carbocycles. The summed E-state index contributed by atoms with van der Waals surface area (Å²) in [6.45, 7) is 1.63. The van der Waals surface area contributed by atoms with E-state index < -0.39 is 0 Å². The Morgan fingerprint density at radius 3 is 2.61 bits per heavy atom. The Morgan fingerprint density at radius 1 is 0.947 bits per heavy atom. The fourth-order valence-corrected chi connectivity index (χ4v) is 4.83. The van der Waals surface area contributed by atoms with E-state index in [4.69, 9.17) is 9.47 Å². The molecule has 1 amide bonds. The molecule has 0 saturated heterocycles. The van der Waals surface area contributed by atoms with Gasteiger partial charge in [0.1, 0.15) is 5.82 Å². The minimum Gasteiger partial charge on any atom is -0.490 e. The zero-order chi connectivity index (χ0) is 26.1. The Kier molecular flexibility index (Phi) is 6.25. The van der Waals surface area contributed by atoms with Crippen molar-refractivity contribution in [3.05, 3.63) is 108 Å². The van der Waals surface area contributed by atoms with Gasteiger partial charge in [0.15, 0.2) is 11.5 Å². The van der Waals surface area contributed by atoms with Crippen LogP contribution in [0.15, 0.2) is 91.3 Å². The maximum atomic E-state index is 13.6. The Morgan fingerprint density at radius 2 is 1.74 bits per heavy atom. The van der Waals surface area contributed by atoms with Crippen LogP contribution >= 0.6 is 0 Å². The van der Waals surface area contributed by atoms with Gasteiger partial charge in [0.25, 0.3) is 5.91 Å². The van der Waals surface area contributed by atoms with Crippen LogP contribution in [0, 0.1) is 5.82 Å². The van der Waals surface area contributed by atoms with Crippen LogP contribution in [-0.4, -0.2) is 40.8 Å². The van der Waals surface area contributed by atoms with Gasteiger partial charge in [0, 0.05) is 37.3 Å². The van der Waals surface area contributed by atoms with Crippen molar-refractivity contribution in [1.82, 2.24) is 14.7 Å². The monoisotopic (exact) mass is 507 g/mol. The molecule has 1 aliphatic rings. The molecule has 4 aromatic carbocycles. The molecule has 5 aromatic rings. The van der Waals surface area contributed by atoms with Crippen LogP contribution < -0.4 is 9.47 Å². The van der Waals surface area contributed by atoms with Gasteiger partial charge >= 0.3 is 0 Å². The summed E-state index contributed by atoms with van der Waals surface area (Å²) in [4.78, 5) is 15.2. The number of aromatic nitrogens is 2. The lowest BCUT2D eigenvalue weighted by molar-refractivity contribution is 0.0787. The minimum atomic E-state index is -0.325. The standard InChI is InChI=1S/C31H26FN3O3/c1-34(19-21-18-33-35(20-21)24-7-2-6-23(32)17-24)31(36)28-11-4-9-26-25(8-3-10-27(26)28)22-12-13-29-30(16-22)38-15-5-14-37-29/h2-4,6-13,16-18,20H,5,14-15,19H2,1H3. The quantitative estimate of drug-likeness (QED) is 0.282. The topological polar surface area (TPSA) is 56.6 Å². The Bertz CT molecular complexity index is 1650. The van der Waals surface area contributed by atoms with Crippen molar-refractivity contribution < 1.29 is 18.7 Å². The smallest absolute Gasteiger partial charge is 0.254 e. The van der Waals surface area contributed by atoms with E-state index in [1.54, 1.807) is 35.0 Å². The van der Waals surface area contributed by atoms with Crippen LogP contribution in [-0.2, 0) is 6.54 Å². The number of nitrogens with zero attached hydrogens (tertiary/aromatic N) is 3. The Hall–Kier alpha value is -4.65. The molecule has 6 rings (SSSR count). The summed E-state index contributed by atoms with van der Waals surface area (Å²) in [6.07, 6.45) is 4.35. The SMILES string of the molecule is CN(Cc1cnn(-c2cccc(F)c2)c1)C(=O)c1cccc2c(-c3ccc4c(c3)OCCCO4)cccc12. The lowest BCUT2D eigenvalue weighted by Crippen LogP contribution is -2.26. The molecule has 6 nitrogen and oxygen atoms in total. The van der Waals surface area contributed by atoms with Crippen LogP contribution in [0.2, 0.25) is 0 Å². The highest BCUT2D eigenvalue weighted by Crippen LogP contribution is 2.37. The third kappa shape index (κ3) is 4.59.